The van der Waals surface area contributed by atoms with Crippen LogP contribution in [0.4, 0.5) is 4.39 Å². The smallest absolute Gasteiger partial charge is 0.137 e. The Kier molecular flexibility index (Phi) is 1.82. The van der Waals surface area contributed by atoms with E-state index < -0.39 is 0 Å². The summed E-state index contributed by atoms with van der Waals surface area (Å²) in [6, 6.07) is 0. The SMILES string of the molecule is CC(C)(C)c1cscc1F. The highest BCUT2D eigenvalue weighted by molar-refractivity contribution is 7.08. The lowest BCUT2D eigenvalue weighted by Gasteiger charge is -2.16. The van der Waals surface area contributed by atoms with Gasteiger partial charge in [0.2, 0.25) is 0 Å². The maximum Gasteiger partial charge on any atom is 0.137 e. The van der Waals surface area contributed by atoms with Crippen LogP contribution < -0.4 is 0 Å². The predicted molar refractivity (Wildman–Crippen MR) is 43.0 cm³/mol. The van der Waals surface area contributed by atoms with Gasteiger partial charge < -0.3 is 0 Å². The van der Waals surface area contributed by atoms with Crippen LogP contribution in [0.5, 0.6) is 0 Å². The van der Waals surface area contributed by atoms with E-state index in [2.05, 4.69) is 0 Å². The van der Waals surface area contributed by atoms with Gasteiger partial charge in [0.15, 0.2) is 0 Å². The van der Waals surface area contributed by atoms with Gasteiger partial charge in [-0.2, -0.15) is 0 Å². The Hall–Kier alpha value is -0.370. The third kappa shape index (κ3) is 1.37. The Bertz CT molecular complexity index is 219. The minimum Gasteiger partial charge on any atom is -0.206 e. The van der Waals surface area contributed by atoms with E-state index in [0.29, 0.717) is 0 Å². The minimum atomic E-state index is -0.0718. The van der Waals surface area contributed by atoms with Crippen molar-refractivity contribution in [2.45, 2.75) is 26.2 Å². The third-order valence-electron chi connectivity index (χ3n) is 1.42. The molecule has 1 heterocycles. The van der Waals surface area contributed by atoms with Crippen molar-refractivity contribution in [1.82, 2.24) is 0 Å². The molecule has 0 spiro atoms. The Morgan fingerprint density at radius 1 is 1.30 bits per heavy atom. The second-order valence-corrected chi connectivity index (χ2v) is 4.13. The maximum absolute atomic E-state index is 12.9. The first kappa shape index (κ1) is 7.73. The van der Waals surface area contributed by atoms with E-state index in [-0.39, 0.29) is 11.2 Å². The first-order valence-corrected chi connectivity index (χ1v) is 4.18. The molecule has 2 heteroatoms. The lowest BCUT2D eigenvalue weighted by Crippen LogP contribution is -2.11. The predicted octanol–water partition coefficient (Wildman–Crippen LogP) is 3.18. The van der Waals surface area contributed by atoms with Gasteiger partial charge >= 0.3 is 0 Å². The fraction of sp³-hybridized carbons (Fsp3) is 0.500. The molecule has 0 bridgehead atoms. The molecular weight excluding hydrogens is 147 g/mol. The molecular formula is C8H11FS. The van der Waals surface area contributed by atoms with Gasteiger partial charge in [0, 0.05) is 10.9 Å². The average molecular weight is 158 g/mol. The molecule has 0 aliphatic rings. The van der Waals surface area contributed by atoms with Crippen LogP contribution in [0, 0.1) is 5.82 Å². The minimum absolute atomic E-state index is 0.0515. The van der Waals surface area contributed by atoms with Crippen LogP contribution in [0.25, 0.3) is 0 Å². The summed E-state index contributed by atoms with van der Waals surface area (Å²) in [4.78, 5) is 0. The van der Waals surface area contributed by atoms with Crippen LogP contribution in [0.15, 0.2) is 10.8 Å². The van der Waals surface area contributed by atoms with Gasteiger partial charge in [-0.3, -0.25) is 0 Å². The number of halogens is 1. The zero-order valence-corrected chi connectivity index (χ0v) is 7.26. The Morgan fingerprint density at radius 2 is 1.90 bits per heavy atom. The number of thiophene rings is 1. The molecule has 0 saturated carbocycles. The summed E-state index contributed by atoms with van der Waals surface area (Å²) in [5, 5.41) is 3.41. The van der Waals surface area contributed by atoms with Crippen molar-refractivity contribution in [2.24, 2.45) is 0 Å². The van der Waals surface area contributed by atoms with Crippen LogP contribution in [-0.2, 0) is 5.41 Å². The zero-order valence-electron chi connectivity index (χ0n) is 6.44. The highest BCUT2D eigenvalue weighted by Crippen LogP contribution is 2.27. The van der Waals surface area contributed by atoms with E-state index in [1.807, 2.05) is 26.2 Å². The van der Waals surface area contributed by atoms with E-state index in [1.54, 1.807) is 5.38 Å². The third-order valence-corrected chi connectivity index (χ3v) is 2.14. The van der Waals surface area contributed by atoms with Crippen molar-refractivity contribution >= 4 is 11.3 Å². The summed E-state index contributed by atoms with van der Waals surface area (Å²) in [5.74, 6) is -0.0718. The number of hydrogen-bond donors (Lipinski definition) is 0. The molecule has 0 radical (unpaired) electrons. The number of hydrogen-bond acceptors (Lipinski definition) is 1. The van der Waals surface area contributed by atoms with Gasteiger partial charge in [-0.15, -0.1) is 11.3 Å². The van der Waals surface area contributed by atoms with E-state index in [0.717, 1.165) is 5.56 Å². The molecule has 0 amide bonds. The lowest BCUT2D eigenvalue weighted by atomic mass is 9.89. The first-order chi connectivity index (χ1) is 4.52. The summed E-state index contributed by atoms with van der Waals surface area (Å²) < 4.78 is 12.9. The van der Waals surface area contributed by atoms with Crippen molar-refractivity contribution < 1.29 is 4.39 Å². The summed E-state index contributed by atoms with van der Waals surface area (Å²) in [6.07, 6.45) is 0. The van der Waals surface area contributed by atoms with E-state index in [1.165, 1.54) is 11.3 Å². The Labute approximate surface area is 64.7 Å². The van der Waals surface area contributed by atoms with Gasteiger partial charge in [-0.05, 0) is 10.8 Å². The lowest BCUT2D eigenvalue weighted by molar-refractivity contribution is 0.528. The molecule has 0 aliphatic carbocycles. The molecule has 1 rings (SSSR count). The van der Waals surface area contributed by atoms with Crippen LogP contribution in [0.2, 0.25) is 0 Å². The second kappa shape index (κ2) is 2.35. The van der Waals surface area contributed by atoms with Crippen LogP contribution in [0.1, 0.15) is 26.3 Å². The average Bonchev–Trinajstić information content (AvgIpc) is 2.11. The van der Waals surface area contributed by atoms with E-state index >= 15 is 0 Å². The van der Waals surface area contributed by atoms with Crippen LogP contribution in [0.3, 0.4) is 0 Å². The van der Waals surface area contributed by atoms with Gasteiger partial charge in [-0.1, -0.05) is 20.8 Å². The van der Waals surface area contributed by atoms with Crippen molar-refractivity contribution in [3.8, 4) is 0 Å². The highest BCUT2D eigenvalue weighted by atomic mass is 32.1. The molecule has 0 unspecified atom stereocenters. The van der Waals surface area contributed by atoms with Crippen LogP contribution in [-0.4, -0.2) is 0 Å². The fourth-order valence-corrected chi connectivity index (χ4v) is 1.73. The number of rotatable bonds is 0. The monoisotopic (exact) mass is 158 g/mol. The molecule has 56 valence electrons. The quantitative estimate of drug-likeness (QED) is 0.544. The zero-order chi connectivity index (χ0) is 7.78. The molecule has 1 aromatic heterocycles. The Morgan fingerprint density at radius 3 is 2.10 bits per heavy atom. The summed E-state index contributed by atoms with van der Waals surface area (Å²) in [5.41, 5.74) is 0.766. The van der Waals surface area contributed by atoms with Crippen molar-refractivity contribution in [1.29, 1.82) is 0 Å². The molecule has 0 fully saturated rings. The molecule has 10 heavy (non-hydrogen) atoms. The summed E-state index contributed by atoms with van der Waals surface area (Å²) in [6.45, 7) is 6.04. The summed E-state index contributed by atoms with van der Waals surface area (Å²) >= 11 is 1.42. The first-order valence-electron chi connectivity index (χ1n) is 3.24. The summed E-state index contributed by atoms with van der Waals surface area (Å²) in [7, 11) is 0. The molecule has 0 atom stereocenters. The molecule has 0 aromatic carbocycles. The van der Waals surface area contributed by atoms with Crippen molar-refractivity contribution in [3.63, 3.8) is 0 Å². The van der Waals surface area contributed by atoms with Gasteiger partial charge in [0.25, 0.3) is 0 Å². The molecule has 0 N–H and O–H groups in total. The topological polar surface area (TPSA) is 0 Å². The molecule has 0 saturated heterocycles. The van der Waals surface area contributed by atoms with Crippen molar-refractivity contribution in [2.75, 3.05) is 0 Å². The largest absolute Gasteiger partial charge is 0.206 e. The van der Waals surface area contributed by atoms with Gasteiger partial charge in [0.1, 0.15) is 5.82 Å². The maximum atomic E-state index is 12.9. The molecule has 0 aliphatic heterocycles. The standard InChI is InChI=1S/C8H11FS/c1-8(2,3)6-4-10-5-7(6)9/h4-5H,1-3H3. The van der Waals surface area contributed by atoms with Gasteiger partial charge in [0.05, 0.1) is 0 Å². The van der Waals surface area contributed by atoms with Crippen molar-refractivity contribution in [3.05, 3.63) is 22.1 Å². The van der Waals surface area contributed by atoms with E-state index in [4.69, 9.17) is 0 Å². The normalized spacial score (nSPS) is 12.0. The Balaban J connectivity index is 3.05. The second-order valence-electron chi connectivity index (χ2n) is 3.38. The molecule has 1 aromatic rings. The highest BCUT2D eigenvalue weighted by Gasteiger charge is 2.18. The molecule has 0 nitrogen and oxygen atoms in total. The van der Waals surface area contributed by atoms with E-state index in [9.17, 15) is 4.39 Å². The fourth-order valence-electron chi connectivity index (χ4n) is 0.817. The van der Waals surface area contributed by atoms with Gasteiger partial charge in [-0.25, -0.2) is 4.39 Å². The van der Waals surface area contributed by atoms with Crippen LogP contribution >= 0.6 is 11.3 Å².